The molecule has 0 bridgehead atoms. The lowest BCUT2D eigenvalue weighted by Crippen LogP contribution is -2.44. The van der Waals surface area contributed by atoms with Gasteiger partial charge in [-0.2, -0.15) is 0 Å². The predicted octanol–water partition coefficient (Wildman–Crippen LogP) is 3.28. The van der Waals surface area contributed by atoms with Crippen LogP contribution in [0.15, 0.2) is 42.5 Å². The molecule has 1 fully saturated rings. The number of hydrogen-bond donors (Lipinski definition) is 1. The van der Waals surface area contributed by atoms with Crippen LogP contribution in [0.25, 0.3) is 0 Å². The van der Waals surface area contributed by atoms with Gasteiger partial charge in [0, 0.05) is 31.2 Å². The molecule has 27 heavy (non-hydrogen) atoms. The normalized spacial score (nSPS) is 19.9. The summed E-state index contributed by atoms with van der Waals surface area (Å²) in [5, 5.41) is 3.72. The van der Waals surface area contributed by atoms with Crippen LogP contribution >= 0.6 is 11.6 Å². The molecule has 2 heterocycles. The fourth-order valence-corrected chi connectivity index (χ4v) is 3.83. The fraction of sp³-hybridized carbons (Fsp3) is 0.381. The first-order valence-corrected chi connectivity index (χ1v) is 9.72. The van der Waals surface area contributed by atoms with Crippen LogP contribution in [0.1, 0.15) is 5.56 Å². The van der Waals surface area contributed by atoms with Gasteiger partial charge in [-0.3, -0.25) is 4.79 Å². The summed E-state index contributed by atoms with van der Waals surface area (Å²) in [6.07, 6.45) is 0.687. The van der Waals surface area contributed by atoms with Crippen molar-refractivity contribution in [3.8, 4) is 5.75 Å². The maximum absolute atomic E-state index is 12.9. The number of hydrogen-bond acceptors (Lipinski definition) is 4. The number of piperazine rings is 1. The van der Waals surface area contributed by atoms with Crippen LogP contribution in [0.2, 0.25) is 5.02 Å². The molecule has 6 heteroatoms. The van der Waals surface area contributed by atoms with Crippen molar-refractivity contribution in [1.82, 2.24) is 4.90 Å². The van der Waals surface area contributed by atoms with Crippen LogP contribution in [0.5, 0.6) is 5.75 Å². The molecule has 2 aliphatic heterocycles. The number of halogens is 1. The van der Waals surface area contributed by atoms with Crippen molar-refractivity contribution < 1.29 is 9.53 Å². The Kier molecular flexibility index (Phi) is 5.23. The summed E-state index contributed by atoms with van der Waals surface area (Å²) >= 11 is 6.21. The summed E-state index contributed by atoms with van der Waals surface area (Å²) < 4.78 is 5.77. The van der Waals surface area contributed by atoms with E-state index in [0.29, 0.717) is 18.1 Å². The second-order valence-corrected chi connectivity index (χ2v) is 7.70. The van der Waals surface area contributed by atoms with Crippen LogP contribution in [-0.2, 0) is 11.2 Å². The van der Waals surface area contributed by atoms with E-state index in [1.165, 1.54) is 0 Å². The molecule has 1 amide bonds. The number of benzene rings is 2. The average molecular weight is 386 g/mol. The highest BCUT2D eigenvalue weighted by molar-refractivity contribution is 6.31. The SMILES string of the molecule is CN1CCN(c2ccc(Cl)cc2NC(=O)C2COc3ccccc3C2)CC1. The highest BCUT2D eigenvalue weighted by Gasteiger charge is 2.27. The summed E-state index contributed by atoms with van der Waals surface area (Å²) in [5.41, 5.74) is 2.88. The Hall–Kier alpha value is -2.24. The predicted molar refractivity (Wildman–Crippen MR) is 109 cm³/mol. The first kappa shape index (κ1) is 18.1. The van der Waals surface area contributed by atoms with Gasteiger partial charge in [0.1, 0.15) is 12.4 Å². The van der Waals surface area contributed by atoms with Crippen molar-refractivity contribution >= 4 is 28.9 Å². The zero-order valence-electron chi connectivity index (χ0n) is 15.5. The van der Waals surface area contributed by atoms with Crippen molar-refractivity contribution in [3.63, 3.8) is 0 Å². The molecule has 142 valence electrons. The van der Waals surface area contributed by atoms with Gasteiger partial charge in [-0.15, -0.1) is 0 Å². The van der Waals surface area contributed by atoms with Gasteiger partial charge < -0.3 is 19.9 Å². The van der Waals surface area contributed by atoms with E-state index in [1.54, 1.807) is 0 Å². The minimum atomic E-state index is -0.209. The lowest BCUT2D eigenvalue weighted by Gasteiger charge is -2.35. The molecule has 5 nitrogen and oxygen atoms in total. The van der Waals surface area contributed by atoms with Crippen molar-refractivity contribution in [1.29, 1.82) is 0 Å². The third-order valence-electron chi connectivity index (χ3n) is 5.31. The Morgan fingerprint density at radius 3 is 2.74 bits per heavy atom. The molecule has 1 saturated heterocycles. The summed E-state index contributed by atoms with van der Waals surface area (Å²) in [6.45, 7) is 4.27. The summed E-state index contributed by atoms with van der Waals surface area (Å²) in [4.78, 5) is 17.5. The topological polar surface area (TPSA) is 44.8 Å². The largest absolute Gasteiger partial charge is 0.492 e. The number of amides is 1. The number of likely N-dealkylation sites (N-methyl/N-ethyl adjacent to an activating group) is 1. The van der Waals surface area contributed by atoms with Gasteiger partial charge in [0.05, 0.1) is 17.3 Å². The Morgan fingerprint density at radius 1 is 1.15 bits per heavy atom. The summed E-state index contributed by atoms with van der Waals surface area (Å²) in [6, 6.07) is 13.6. The Labute approximate surface area is 164 Å². The van der Waals surface area contributed by atoms with Gasteiger partial charge in [-0.05, 0) is 43.3 Å². The van der Waals surface area contributed by atoms with Crippen LogP contribution < -0.4 is 15.0 Å². The number of anilines is 2. The average Bonchev–Trinajstić information content (AvgIpc) is 2.68. The number of nitrogens with one attached hydrogen (secondary N) is 1. The van der Waals surface area contributed by atoms with Crippen LogP contribution in [0.4, 0.5) is 11.4 Å². The van der Waals surface area contributed by atoms with Crippen LogP contribution in [0, 0.1) is 5.92 Å². The van der Waals surface area contributed by atoms with E-state index in [0.717, 1.165) is 48.9 Å². The lowest BCUT2D eigenvalue weighted by atomic mass is 9.96. The highest BCUT2D eigenvalue weighted by Crippen LogP contribution is 2.32. The maximum Gasteiger partial charge on any atom is 0.231 e. The summed E-state index contributed by atoms with van der Waals surface area (Å²) in [7, 11) is 2.13. The highest BCUT2D eigenvalue weighted by atomic mass is 35.5. The van der Waals surface area contributed by atoms with Gasteiger partial charge in [0.15, 0.2) is 0 Å². The number of carbonyl (C=O) groups is 1. The zero-order chi connectivity index (χ0) is 18.8. The van der Waals surface area contributed by atoms with E-state index in [4.69, 9.17) is 16.3 Å². The first-order chi connectivity index (χ1) is 13.1. The number of rotatable bonds is 3. The number of nitrogens with zero attached hydrogens (tertiary/aromatic N) is 2. The standard InChI is InChI=1S/C21H24ClN3O2/c1-24-8-10-25(11-9-24)19-7-6-17(22)13-18(19)23-21(26)16-12-15-4-2-3-5-20(15)27-14-16/h2-7,13,16H,8-12,14H2,1H3,(H,23,26). The lowest BCUT2D eigenvalue weighted by molar-refractivity contribution is -0.121. The summed E-state index contributed by atoms with van der Waals surface area (Å²) in [5.74, 6) is 0.642. The van der Waals surface area contributed by atoms with Gasteiger partial charge in [-0.25, -0.2) is 0 Å². The third kappa shape index (κ3) is 4.04. The molecular weight excluding hydrogens is 362 g/mol. The van der Waals surface area contributed by atoms with Gasteiger partial charge in [-0.1, -0.05) is 29.8 Å². The molecule has 0 saturated carbocycles. The fourth-order valence-electron chi connectivity index (χ4n) is 3.66. The molecule has 1 unspecified atom stereocenters. The molecule has 1 N–H and O–H groups in total. The van der Waals surface area contributed by atoms with E-state index in [1.807, 2.05) is 42.5 Å². The Balaban J connectivity index is 1.50. The second-order valence-electron chi connectivity index (χ2n) is 7.26. The molecule has 2 aromatic rings. The minimum Gasteiger partial charge on any atom is -0.492 e. The number of fused-ring (bicyclic) bond motifs is 1. The second kappa shape index (κ2) is 7.79. The van der Waals surface area contributed by atoms with E-state index in [-0.39, 0.29) is 11.8 Å². The minimum absolute atomic E-state index is 0.0258. The number of carbonyl (C=O) groups excluding carboxylic acids is 1. The smallest absolute Gasteiger partial charge is 0.231 e. The molecular formula is C21H24ClN3O2. The Morgan fingerprint density at radius 2 is 1.93 bits per heavy atom. The van der Waals surface area contributed by atoms with E-state index < -0.39 is 0 Å². The van der Waals surface area contributed by atoms with Crippen molar-refractivity contribution in [3.05, 3.63) is 53.1 Å². The van der Waals surface area contributed by atoms with Gasteiger partial charge in [0.25, 0.3) is 0 Å². The molecule has 0 aromatic heterocycles. The molecule has 1 atom stereocenters. The van der Waals surface area contributed by atoms with Crippen molar-refractivity contribution in [2.24, 2.45) is 5.92 Å². The van der Waals surface area contributed by atoms with E-state index in [2.05, 4.69) is 22.2 Å². The number of para-hydroxylation sites is 1. The molecule has 0 aliphatic carbocycles. The monoisotopic (exact) mass is 385 g/mol. The number of ether oxygens (including phenoxy) is 1. The van der Waals surface area contributed by atoms with Crippen molar-refractivity contribution in [2.75, 3.05) is 50.1 Å². The van der Waals surface area contributed by atoms with E-state index >= 15 is 0 Å². The third-order valence-corrected chi connectivity index (χ3v) is 5.55. The molecule has 0 radical (unpaired) electrons. The quantitative estimate of drug-likeness (QED) is 0.880. The maximum atomic E-state index is 12.9. The Bertz CT molecular complexity index is 834. The van der Waals surface area contributed by atoms with Crippen LogP contribution in [-0.4, -0.2) is 50.6 Å². The first-order valence-electron chi connectivity index (χ1n) is 9.35. The zero-order valence-corrected chi connectivity index (χ0v) is 16.2. The molecule has 2 aromatic carbocycles. The van der Waals surface area contributed by atoms with E-state index in [9.17, 15) is 4.79 Å². The molecule has 0 spiro atoms. The molecule has 4 rings (SSSR count). The van der Waals surface area contributed by atoms with Crippen LogP contribution in [0.3, 0.4) is 0 Å². The molecule has 2 aliphatic rings. The van der Waals surface area contributed by atoms with Crippen molar-refractivity contribution in [2.45, 2.75) is 6.42 Å². The van der Waals surface area contributed by atoms with Gasteiger partial charge in [0.2, 0.25) is 5.91 Å². The van der Waals surface area contributed by atoms with Gasteiger partial charge >= 0.3 is 0 Å².